The molecule has 0 atom stereocenters. The predicted octanol–water partition coefficient (Wildman–Crippen LogP) is 2.20. The maximum atomic E-state index is 11.2. The van der Waals surface area contributed by atoms with E-state index in [0.717, 1.165) is 5.69 Å². The number of imidazole rings is 3. The summed E-state index contributed by atoms with van der Waals surface area (Å²) in [5.74, 6) is -1.77. The summed E-state index contributed by atoms with van der Waals surface area (Å²) >= 11 is 0. The van der Waals surface area contributed by atoms with Crippen LogP contribution < -0.4 is 0 Å². The van der Waals surface area contributed by atoms with Crippen molar-refractivity contribution in [1.29, 1.82) is 0 Å². The average Bonchev–Trinajstić information content (AvgIpc) is 3.43. The monoisotopic (exact) mass is 420 g/mol. The van der Waals surface area contributed by atoms with E-state index in [1.165, 1.54) is 35.9 Å². The molecule has 30 heavy (non-hydrogen) atoms. The minimum atomic E-state index is -0.984. The molecular weight excluding hydrogens is 396 g/mol. The van der Waals surface area contributed by atoms with Crippen LogP contribution in [0.2, 0.25) is 0 Å². The number of carboxylic acid groups (broad SMARTS) is 2. The molecule has 12 heteroatoms. The molecule has 0 aromatic carbocycles. The summed E-state index contributed by atoms with van der Waals surface area (Å²) in [5.41, 5.74) is 0.522. The van der Waals surface area contributed by atoms with Gasteiger partial charge in [0.15, 0.2) is 0 Å². The van der Waals surface area contributed by atoms with Crippen molar-refractivity contribution in [1.82, 2.24) is 29.5 Å². The molecule has 162 valence electrons. The number of H-pyrrole nitrogens is 2. The number of nitrogens with zero attached hydrogens (tertiary/aromatic N) is 4. The number of aromatic amines is 2. The fourth-order valence-electron chi connectivity index (χ4n) is 1.72. The molecule has 0 radical (unpaired) electrons. The quantitative estimate of drug-likeness (QED) is 0.492. The third-order valence-corrected chi connectivity index (χ3v) is 3.00. The van der Waals surface area contributed by atoms with Crippen molar-refractivity contribution in [2.75, 3.05) is 0 Å². The van der Waals surface area contributed by atoms with Gasteiger partial charge in [-0.1, -0.05) is 0 Å². The van der Waals surface area contributed by atoms with Crippen molar-refractivity contribution in [3.8, 4) is 0 Å². The van der Waals surface area contributed by atoms with E-state index in [0.29, 0.717) is 6.42 Å². The maximum absolute atomic E-state index is 11.2. The molecule has 0 amide bonds. The Morgan fingerprint density at radius 3 is 2.13 bits per heavy atom. The summed E-state index contributed by atoms with van der Waals surface area (Å²) < 4.78 is 6.36. The van der Waals surface area contributed by atoms with Gasteiger partial charge in [-0.15, -0.1) is 0 Å². The number of aromatic carboxylic acids is 1. The van der Waals surface area contributed by atoms with E-state index >= 15 is 0 Å². The van der Waals surface area contributed by atoms with Crippen LogP contribution in [0.1, 0.15) is 43.4 Å². The lowest BCUT2D eigenvalue weighted by molar-refractivity contribution is -0.136. The number of carboxylic acids is 2. The van der Waals surface area contributed by atoms with Crippen LogP contribution >= 0.6 is 0 Å². The van der Waals surface area contributed by atoms with Gasteiger partial charge in [0.2, 0.25) is 0 Å². The normalized spacial score (nSPS) is 10.1. The van der Waals surface area contributed by atoms with Gasteiger partial charge in [-0.2, -0.15) is 0 Å². The number of ether oxygens (including phenoxy) is 1. The molecule has 0 aliphatic rings. The second kappa shape index (κ2) is 11.8. The summed E-state index contributed by atoms with van der Waals surface area (Å²) in [5, 5.41) is 16.5. The third-order valence-electron chi connectivity index (χ3n) is 3.00. The van der Waals surface area contributed by atoms with Gasteiger partial charge in [-0.25, -0.2) is 29.1 Å². The molecule has 12 nitrogen and oxygen atoms in total. The molecule has 0 spiro atoms. The molecule has 0 aliphatic heterocycles. The van der Waals surface area contributed by atoms with E-state index in [9.17, 15) is 14.4 Å². The molecule has 3 rings (SSSR count). The second-order valence-electron chi connectivity index (χ2n) is 6.69. The molecule has 0 aliphatic carbocycles. The predicted molar refractivity (Wildman–Crippen MR) is 104 cm³/mol. The van der Waals surface area contributed by atoms with Gasteiger partial charge in [-0.3, -0.25) is 4.79 Å². The summed E-state index contributed by atoms with van der Waals surface area (Å²) in [6, 6.07) is 0. The Hall–Kier alpha value is -3.96. The Morgan fingerprint density at radius 2 is 1.73 bits per heavy atom. The number of aliphatic carboxylic acids is 1. The minimum absolute atomic E-state index is 0.116. The zero-order chi connectivity index (χ0) is 22.6. The number of aryl methyl sites for hydroxylation is 1. The standard InChI is InChI=1S/C8H12N2O2.C6H8N2O2.C4H4N2O2/c1-8(2,3)12-7(11)10-5-4-9-6-10;9-6(10)2-1-5-3-7-4-8-5;7-4(8)3-1-5-2-6-3/h4-6H,1-3H3;3-4H,1-2H2,(H,7,8)(H,9,10);1-2H,(H,5,6)(H,7,8). The van der Waals surface area contributed by atoms with Crippen LogP contribution in [-0.4, -0.2) is 63.3 Å². The highest BCUT2D eigenvalue weighted by Crippen LogP contribution is 2.08. The van der Waals surface area contributed by atoms with Crippen molar-refractivity contribution in [2.24, 2.45) is 0 Å². The number of hydrogen-bond acceptors (Lipinski definition) is 7. The first kappa shape index (κ1) is 24.1. The van der Waals surface area contributed by atoms with E-state index in [1.807, 2.05) is 20.8 Å². The van der Waals surface area contributed by atoms with Crippen LogP contribution in [0.4, 0.5) is 4.79 Å². The highest BCUT2D eigenvalue weighted by molar-refractivity contribution is 5.84. The molecule has 3 aromatic heterocycles. The number of nitrogens with one attached hydrogen (secondary N) is 2. The van der Waals surface area contributed by atoms with Crippen LogP contribution in [0.15, 0.2) is 43.8 Å². The molecule has 0 bridgehead atoms. The van der Waals surface area contributed by atoms with Crippen molar-refractivity contribution in [3.05, 3.63) is 55.2 Å². The first-order valence-electron chi connectivity index (χ1n) is 8.70. The topological polar surface area (TPSA) is 176 Å². The smallest absolute Gasteiger partial charge is 0.419 e. The Kier molecular flexibility index (Phi) is 9.46. The Morgan fingerprint density at radius 1 is 1.07 bits per heavy atom. The van der Waals surface area contributed by atoms with Gasteiger partial charge in [0.1, 0.15) is 17.6 Å². The van der Waals surface area contributed by atoms with E-state index < -0.39 is 23.6 Å². The number of hydrogen-bond donors (Lipinski definition) is 4. The molecular formula is C18H24N6O6. The summed E-state index contributed by atoms with van der Waals surface area (Å²) in [4.78, 5) is 47.5. The van der Waals surface area contributed by atoms with Crippen LogP contribution in [0, 0.1) is 0 Å². The fraction of sp³-hybridized carbons (Fsp3) is 0.333. The van der Waals surface area contributed by atoms with Gasteiger partial charge in [0, 0.05) is 24.3 Å². The lowest BCUT2D eigenvalue weighted by Crippen LogP contribution is -2.26. The Labute approximate surface area is 172 Å². The summed E-state index contributed by atoms with van der Waals surface area (Å²) in [7, 11) is 0. The van der Waals surface area contributed by atoms with Gasteiger partial charge in [0.05, 0.1) is 25.3 Å². The number of carbonyl (C=O) groups excluding carboxylic acids is 1. The maximum Gasteiger partial charge on any atom is 0.419 e. The fourth-order valence-corrected chi connectivity index (χ4v) is 1.72. The van der Waals surface area contributed by atoms with Crippen molar-refractivity contribution in [2.45, 2.75) is 39.2 Å². The number of carbonyl (C=O) groups is 3. The van der Waals surface area contributed by atoms with E-state index in [4.69, 9.17) is 14.9 Å². The van der Waals surface area contributed by atoms with E-state index in [2.05, 4.69) is 24.9 Å². The zero-order valence-electron chi connectivity index (χ0n) is 16.8. The molecule has 3 aromatic rings. The molecule has 0 saturated heterocycles. The Bertz CT molecular complexity index is 882. The SMILES string of the molecule is CC(C)(C)OC(=O)n1ccnc1.O=C(O)CCc1cnc[nH]1.O=C(O)c1cnc[nH]1. The van der Waals surface area contributed by atoms with Crippen LogP contribution in [0.25, 0.3) is 0 Å². The zero-order valence-corrected chi connectivity index (χ0v) is 16.8. The van der Waals surface area contributed by atoms with Gasteiger partial charge >= 0.3 is 18.0 Å². The summed E-state index contributed by atoms with van der Waals surface area (Å²) in [6.07, 6.45) is 10.5. The minimum Gasteiger partial charge on any atom is -0.481 e. The second-order valence-corrected chi connectivity index (χ2v) is 6.69. The molecule has 0 saturated carbocycles. The van der Waals surface area contributed by atoms with Crippen molar-refractivity contribution in [3.63, 3.8) is 0 Å². The van der Waals surface area contributed by atoms with E-state index in [1.54, 1.807) is 12.4 Å². The largest absolute Gasteiger partial charge is 0.481 e. The molecule has 0 unspecified atom stereocenters. The highest BCUT2D eigenvalue weighted by atomic mass is 16.6. The third kappa shape index (κ3) is 10.4. The molecule has 0 fully saturated rings. The first-order chi connectivity index (χ1) is 14.1. The van der Waals surface area contributed by atoms with Gasteiger partial charge in [0.25, 0.3) is 0 Å². The lowest BCUT2D eigenvalue weighted by Gasteiger charge is -2.18. The summed E-state index contributed by atoms with van der Waals surface area (Å²) in [6.45, 7) is 5.46. The molecule has 3 heterocycles. The first-order valence-corrected chi connectivity index (χ1v) is 8.70. The lowest BCUT2D eigenvalue weighted by atomic mass is 10.2. The number of aromatic nitrogens is 6. The van der Waals surface area contributed by atoms with Crippen LogP contribution in [0.3, 0.4) is 0 Å². The van der Waals surface area contributed by atoms with Gasteiger partial charge < -0.3 is 24.9 Å². The van der Waals surface area contributed by atoms with Crippen molar-refractivity contribution >= 4 is 18.0 Å². The van der Waals surface area contributed by atoms with Crippen LogP contribution in [-0.2, 0) is 16.0 Å². The van der Waals surface area contributed by atoms with Crippen LogP contribution in [0.5, 0.6) is 0 Å². The Balaban J connectivity index is 0.000000230. The molecule has 4 N–H and O–H groups in total. The highest BCUT2D eigenvalue weighted by Gasteiger charge is 2.16. The van der Waals surface area contributed by atoms with Crippen molar-refractivity contribution < 1.29 is 29.3 Å². The number of rotatable bonds is 4. The van der Waals surface area contributed by atoms with Gasteiger partial charge in [-0.05, 0) is 27.2 Å². The van der Waals surface area contributed by atoms with E-state index in [-0.39, 0.29) is 12.1 Å². The average molecular weight is 420 g/mol.